The van der Waals surface area contributed by atoms with Crippen molar-refractivity contribution >= 4 is 28.7 Å². The molecule has 0 atom stereocenters. The Kier molecular flexibility index (Phi) is 3.96. The molecule has 3 heterocycles. The number of allylic oxidation sites excluding steroid dienone is 1. The van der Waals surface area contributed by atoms with Crippen LogP contribution in [0.2, 0.25) is 0 Å². The molecule has 0 saturated heterocycles. The molecule has 3 N–H and O–H groups in total. The molecule has 0 fully saturated rings. The molecule has 23 heavy (non-hydrogen) atoms. The van der Waals surface area contributed by atoms with E-state index in [1.807, 2.05) is 13.8 Å². The molecule has 8 nitrogen and oxygen atoms in total. The monoisotopic (exact) mass is 313 g/mol. The molecule has 3 rings (SSSR count). The topological polar surface area (TPSA) is 106 Å². The number of aryl methyl sites for hydroxylation is 1. The number of nitrogens with zero attached hydrogens (tertiary/aromatic N) is 5. The maximum atomic E-state index is 12.7. The Labute approximate surface area is 132 Å². The molecule has 0 amide bonds. The molecular formula is C15H19N7O. The molecule has 0 unspecified atom stereocenters. The van der Waals surface area contributed by atoms with Crippen molar-refractivity contribution in [3.63, 3.8) is 0 Å². The Hall–Kier alpha value is -2.90. The molecule has 0 saturated carbocycles. The van der Waals surface area contributed by atoms with Crippen LogP contribution in [0.3, 0.4) is 0 Å². The van der Waals surface area contributed by atoms with Crippen molar-refractivity contribution in [2.45, 2.75) is 26.8 Å². The zero-order valence-electron chi connectivity index (χ0n) is 13.2. The van der Waals surface area contributed by atoms with Gasteiger partial charge in [-0.1, -0.05) is 6.92 Å². The molecule has 0 aliphatic heterocycles. The Morgan fingerprint density at radius 1 is 1.48 bits per heavy atom. The molecular weight excluding hydrogens is 294 g/mol. The van der Waals surface area contributed by atoms with E-state index in [9.17, 15) is 4.79 Å². The highest BCUT2D eigenvalue weighted by atomic mass is 16.1. The number of nitrogens with one attached hydrogen (secondary N) is 1. The van der Waals surface area contributed by atoms with E-state index in [0.29, 0.717) is 41.4 Å². The number of hydrogen-bond acceptors (Lipinski definition) is 5. The van der Waals surface area contributed by atoms with Gasteiger partial charge in [0.25, 0.3) is 5.56 Å². The van der Waals surface area contributed by atoms with Gasteiger partial charge in [-0.05, 0) is 13.3 Å². The molecule has 8 heteroatoms. The van der Waals surface area contributed by atoms with Crippen molar-refractivity contribution in [3.05, 3.63) is 34.8 Å². The fraction of sp³-hybridized carbons (Fsp3) is 0.333. The number of H-pyrrole nitrogens is 1. The Balaban J connectivity index is 2.29. The average molecular weight is 313 g/mol. The first-order valence-electron chi connectivity index (χ1n) is 7.58. The third kappa shape index (κ3) is 2.41. The van der Waals surface area contributed by atoms with Gasteiger partial charge in [0.1, 0.15) is 5.82 Å². The molecule has 3 aromatic rings. The second kappa shape index (κ2) is 6.07. The lowest BCUT2D eigenvalue weighted by molar-refractivity contribution is 0.663. The van der Waals surface area contributed by atoms with E-state index in [0.717, 1.165) is 6.42 Å². The third-order valence-corrected chi connectivity index (χ3v) is 3.55. The molecule has 0 aliphatic rings. The SMILES string of the molecule is CCCn1c(=O)c2[nH]c(C(C=NCC)=CN)nc2n2ccnc12. The summed E-state index contributed by atoms with van der Waals surface area (Å²) in [6, 6.07) is 0. The van der Waals surface area contributed by atoms with E-state index in [2.05, 4.69) is 19.9 Å². The zero-order valence-corrected chi connectivity index (χ0v) is 13.2. The number of fused-ring (bicyclic) bond motifs is 3. The van der Waals surface area contributed by atoms with Crippen molar-refractivity contribution in [3.8, 4) is 0 Å². The van der Waals surface area contributed by atoms with Gasteiger partial charge >= 0.3 is 0 Å². The predicted molar refractivity (Wildman–Crippen MR) is 90.6 cm³/mol. The van der Waals surface area contributed by atoms with Gasteiger partial charge in [0.05, 0.1) is 5.57 Å². The number of rotatable bonds is 5. The van der Waals surface area contributed by atoms with Crippen molar-refractivity contribution < 1.29 is 0 Å². The van der Waals surface area contributed by atoms with Gasteiger partial charge in [0, 0.05) is 37.9 Å². The molecule has 0 aliphatic carbocycles. The van der Waals surface area contributed by atoms with Crippen LogP contribution in [0.4, 0.5) is 0 Å². The molecule has 0 spiro atoms. The first-order valence-corrected chi connectivity index (χ1v) is 7.58. The number of nitrogens with two attached hydrogens (primary N) is 1. The van der Waals surface area contributed by atoms with Crippen molar-refractivity contribution in [2.75, 3.05) is 6.54 Å². The van der Waals surface area contributed by atoms with Gasteiger partial charge in [-0.25, -0.2) is 9.97 Å². The molecule has 0 bridgehead atoms. The summed E-state index contributed by atoms with van der Waals surface area (Å²) in [6.07, 6.45) is 7.36. The fourth-order valence-electron chi connectivity index (χ4n) is 2.51. The minimum absolute atomic E-state index is 0.136. The minimum Gasteiger partial charge on any atom is -0.404 e. The van der Waals surface area contributed by atoms with Crippen LogP contribution < -0.4 is 11.3 Å². The molecule has 120 valence electrons. The number of aromatic nitrogens is 5. The summed E-state index contributed by atoms with van der Waals surface area (Å²) in [5.41, 5.74) is 7.13. The second-order valence-electron chi connectivity index (χ2n) is 5.09. The van der Waals surface area contributed by atoms with Crippen molar-refractivity contribution in [1.82, 2.24) is 23.9 Å². The molecule has 0 aromatic carbocycles. The quantitative estimate of drug-likeness (QED) is 0.689. The predicted octanol–water partition coefficient (Wildman–Crippen LogP) is 1.17. The Bertz CT molecular complexity index is 957. The largest absolute Gasteiger partial charge is 0.404 e. The fourth-order valence-corrected chi connectivity index (χ4v) is 2.51. The van der Waals surface area contributed by atoms with Crippen LogP contribution in [-0.4, -0.2) is 36.7 Å². The van der Waals surface area contributed by atoms with Crippen molar-refractivity contribution in [1.29, 1.82) is 0 Å². The van der Waals surface area contributed by atoms with E-state index in [-0.39, 0.29) is 5.56 Å². The van der Waals surface area contributed by atoms with Crippen LogP contribution in [0.25, 0.3) is 22.5 Å². The van der Waals surface area contributed by atoms with E-state index in [4.69, 9.17) is 5.73 Å². The average Bonchev–Trinajstić information content (AvgIpc) is 3.19. The molecule has 3 aromatic heterocycles. The minimum atomic E-state index is -0.136. The van der Waals surface area contributed by atoms with E-state index in [1.54, 1.807) is 27.6 Å². The summed E-state index contributed by atoms with van der Waals surface area (Å²) in [7, 11) is 0. The standard InChI is InChI=1S/C15H19N7O/c1-3-6-22-14(23)11-13(21-7-5-18-15(21)22)20-12(19-11)10(8-16)9-17-4-2/h5,7-9H,3-4,6,16H2,1-2H3,(H,19,20). The van der Waals surface area contributed by atoms with Crippen molar-refractivity contribution in [2.24, 2.45) is 10.7 Å². The van der Waals surface area contributed by atoms with Crippen LogP contribution >= 0.6 is 0 Å². The van der Waals surface area contributed by atoms with E-state index in [1.165, 1.54) is 6.20 Å². The highest BCUT2D eigenvalue weighted by molar-refractivity contribution is 6.08. The lowest BCUT2D eigenvalue weighted by atomic mass is 10.3. The number of hydrogen-bond donors (Lipinski definition) is 2. The zero-order chi connectivity index (χ0) is 16.4. The van der Waals surface area contributed by atoms with Crippen LogP contribution in [-0.2, 0) is 6.54 Å². The lowest BCUT2D eigenvalue weighted by Crippen LogP contribution is -2.23. The van der Waals surface area contributed by atoms with Crippen LogP contribution in [0.15, 0.2) is 28.4 Å². The van der Waals surface area contributed by atoms with Gasteiger partial charge in [-0.3, -0.25) is 18.8 Å². The van der Waals surface area contributed by atoms with E-state index < -0.39 is 0 Å². The maximum Gasteiger partial charge on any atom is 0.280 e. The molecule has 0 radical (unpaired) electrons. The highest BCUT2D eigenvalue weighted by Crippen LogP contribution is 2.15. The third-order valence-electron chi connectivity index (χ3n) is 3.55. The van der Waals surface area contributed by atoms with Crippen LogP contribution in [0, 0.1) is 0 Å². The van der Waals surface area contributed by atoms with Gasteiger partial charge in [-0.15, -0.1) is 0 Å². The Morgan fingerprint density at radius 2 is 2.30 bits per heavy atom. The van der Waals surface area contributed by atoms with Gasteiger partial charge in [0.15, 0.2) is 11.2 Å². The van der Waals surface area contributed by atoms with Crippen LogP contribution in [0.1, 0.15) is 26.1 Å². The first kappa shape index (κ1) is 15.0. The summed E-state index contributed by atoms with van der Waals surface area (Å²) in [4.78, 5) is 28.8. The number of aliphatic imine (C=N–C) groups is 1. The summed E-state index contributed by atoms with van der Waals surface area (Å²) in [5.74, 6) is 1.10. The summed E-state index contributed by atoms with van der Waals surface area (Å²) >= 11 is 0. The smallest absolute Gasteiger partial charge is 0.280 e. The summed E-state index contributed by atoms with van der Waals surface area (Å²) in [5, 5.41) is 0. The Morgan fingerprint density at radius 3 is 3.00 bits per heavy atom. The normalized spacial score (nSPS) is 12.9. The summed E-state index contributed by atoms with van der Waals surface area (Å²) in [6.45, 7) is 5.19. The van der Waals surface area contributed by atoms with E-state index >= 15 is 0 Å². The number of aromatic amines is 1. The van der Waals surface area contributed by atoms with Gasteiger partial charge < -0.3 is 10.7 Å². The number of imidazole rings is 2. The van der Waals surface area contributed by atoms with Crippen LogP contribution in [0.5, 0.6) is 0 Å². The second-order valence-corrected chi connectivity index (χ2v) is 5.09. The lowest BCUT2D eigenvalue weighted by Gasteiger charge is -2.05. The van der Waals surface area contributed by atoms with Gasteiger partial charge in [-0.2, -0.15) is 0 Å². The van der Waals surface area contributed by atoms with Gasteiger partial charge in [0.2, 0.25) is 5.78 Å². The summed E-state index contributed by atoms with van der Waals surface area (Å²) < 4.78 is 3.45. The highest BCUT2D eigenvalue weighted by Gasteiger charge is 2.16. The maximum absolute atomic E-state index is 12.7. The first-order chi connectivity index (χ1) is 11.2.